The second kappa shape index (κ2) is 58.4. The van der Waals surface area contributed by atoms with Crippen LogP contribution < -0.4 is 0 Å². The first kappa shape index (κ1) is 110. The van der Waals surface area contributed by atoms with E-state index in [0.717, 1.165) is 153 Å². The lowest BCUT2D eigenvalue weighted by molar-refractivity contribution is -0.138. The van der Waals surface area contributed by atoms with Gasteiger partial charge < -0.3 is 98.7 Å². The van der Waals surface area contributed by atoms with Gasteiger partial charge >= 0.3 is 23.9 Å². The Morgan fingerprint density at radius 2 is 0.569 bits per heavy atom. The van der Waals surface area contributed by atoms with E-state index in [2.05, 4.69) is 58.7 Å². The lowest BCUT2D eigenvalue weighted by Crippen LogP contribution is -2.39. The van der Waals surface area contributed by atoms with Crippen molar-refractivity contribution in [3.63, 3.8) is 0 Å². The zero-order valence-electron chi connectivity index (χ0n) is 81.5. The van der Waals surface area contributed by atoms with Crippen molar-refractivity contribution < 1.29 is 118 Å². The summed E-state index contributed by atoms with van der Waals surface area (Å²) in [6.45, 7) is 9.69. The Bertz CT molecular complexity index is 5390. The van der Waals surface area contributed by atoms with Crippen LogP contribution in [0.25, 0.3) is 0 Å². The lowest BCUT2D eigenvalue weighted by atomic mass is 9.89. The Hall–Kier alpha value is -14.1. The molecule has 0 unspecified atom stereocenters. The Balaban J connectivity index is 0.000000184. The number of piperidine rings is 4. The van der Waals surface area contributed by atoms with Gasteiger partial charge in [-0.25, -0.2) is 19.2 Å². The maximum atomic E-state index is 12.8. The Morgan fingerprint density at radius 1 is 0.319 bits per heavy atom. The number of aromatic hydroxyl groups is 8. The molecule has 32 nitrogen and oxygen atoms in total. The van der Waals surface area contributed by atoms with Gasteiger partial charge in [-0.1, -0.05) is 191 Å². The van der Waals surface area contributed by atoms with E-state index in [-0.39, 0.29) is 180 Å². The van der Waals surface area contributed by atoms with Crippen molar-refractivity contribution >= 4 is 93.6 Å². The molecule has 0 aliphatic carbocycles. The highest BCUT2D eigenvalue weighted by Gasteiger charge is 2.32. The molecule has 8 aliphatic heterocycles. The molecule has 0 aromatic heterocycles. The molecular weight excluding hydrogens is 1890 g/mol. The minimum absolute atomic E-state index is 0.0200. The van der Waals surface area contributed by atoms with Crippen LogP contribution in [-0.4, -0.2) is 236 Å². The molecule has 768 valence electrons. The number of hydrogen-bond acceptors (Lipinski definition) is 28. The van der Waals surface area contributed by atoms with Crippen LogP contribution in [0.1, 0.15) is 229 Å². The standard InChI is InChI=1S/2C30H33ClN2O6.2C25H32N2O6/c2*31-29-24-18-23(12-8-3-1-2-4-9-17-38-30(37)28(24)25(34)19-26(29)35)32-39-20-27(36)33-15-13-22(14-16-33)21-10-6-5-7-11-21;2*1-18-9-11-27(12-10-18)23(30)17-33-26-20-8-6-4-2-3-5-7-13-32-25(31)24-19(14-20)15-21(28)16-22(24)29/h2*2,4-8,10-12,19,22,34-35H,1,3,9,13-18,20H2;2*3,5-6,8,15-16,18,28-29H,2,4,7,9-14,17H2,1H3/b4-2+,12-8+,32-23+;4-2+,12-8+,32-23-;5-3+,8-6+,26-20+;5-3+,8-6+,26-20-. The fourth-order valence-electron chi connectivity index (χ4n) is 17.2. The van der Waals surface area contributed by atoms with E-state index in [1.165, 1.54) is 23.3 Å². The van der Waals surface area contributed by atoms with Gasteiger partial charge in [-0.15, -0.1) is 0 Å². The summed E-state index contributed by atoms with van der Waals surface area (Å²) in [6.07, 6.45) is 46.5. The number of halogens is 2. The van der Waals surface area contributed by atoms with Gasteiger partial charge in [0, 0.05) is 102 Å². The van der Waals surface area contributed by atoms with Crippen LogP contribution in [0.15, 0.2) is 215 Å². The molecule has 6 aromatic rings. The van der Waals surface area contributed by atoms with Gasteiger partial charge in [-0.05, 0) is 222 Å². The molecule has 14 rings (SSSR count). The zero-order chi connectivity index (χ0) is 102. The second-order valence-corrected chi connectivity index (χ2v) is 36.8. The van der Waals surface area contributed by atoms with Gasteiger partial charge in [0.15, 0.2) is 26.4 Å². The number of rotatable bonds is 14. The van der Waals surface area contributed by atoms with Crippen LogP contribution in [-0.2, 0) is 83.2 Å². The minimum atomic E-state index is -0.756. The van der Waals surface area contributed by atoms with E-state index in [9.17, 15) is 79.2 Å². The maximum absolute atomic E-state index is 12.8. The third-order valence-electron chi connectivity index (χ3n) is 25.3. The topological polar surface area (TPSA) is 435 Å². The molecule has 0 saturated carbocycles. The molecule has 4 saturated heterocycles. The van der Waals surface area contributed by atoms with Crippen LogP contribution in [0.4, 0.5) is 0 Å². The predicted molar refractivity (Wildman–Crippen MR) is 547 cm³/mol. The summed E-state index contributed by atoms with van der Waals surface area (Å²) in [4.78, 5) is 130. The summed E-state index contributed by atoms with van der Waals surface area (Å²) < 4.78 is 21.2. The molecule has 6 aromatic carbocycles. The summed E-state index contributed by atoms with van der Waals surface area (Å²) in [7, 11) is 0. The summed E-state index contributed by atoms with van der Waals surface area (Å²) >= 11 is 12.7. The van der Waals surface area contributed by atoms with Gasteiger partial charge in [0.2, 0.25) is 0 Å². The number of phenolic OH excluding ortho intramolecular Hbond substituents is 8. The van der Waals surface area contributed by atoms with Crippen molar-refractivity contribution in [3.8, 4) is 46.0 Å². The average Bonchev–Trinajstić information content (AvgIpc) is 0.793. The minimum Gasteiger partial charge on any atom is -0.508 e. The Kier molecular flexibility index (Phi) is 44.7. The van der Waals surface area contributed by atoms with Crippen molar-refractivity contribution in [1.82, 2.24) is 19.6 Å². The van der Waals surface area contributed by atoms with Crippen molar-refractivity contribution in [2.24, 2.45) is 32.5 Å². The molecule has 0 atom stereocenters. The van der Waals surface area contributed by atoms with E-state index in [1.807, 2.05) is 109 Å². The first-order chi connectivity index (χ1) is 69.7. The SMILES string of the molecule is CC1CCN(C(=O)CO/N=C2/C=C/CC/C=C/CCOC(=O)c3c(O)cc(O)cc3C2)CC1.CC1CCN(C(=O)CO/N=C2\C=C\CC/C=C/CCOC(=O)c3c(O)cc(O)cc3C2)CC1.O=C1OCC/C=C/CC/C=C/C(=N/OCC(=O)N2CCC(c3ccccc3)CC2)Cc2c(Cl)c(O)cc(O)c21.O=C1OCC/C=C/CC/C=C/C(=N\OCC(=O)N2CCC(c3ccccc3)CC2)Cc2c(Cl)c(O)cc(O)c21. The Morgan fingerprint density at radius 3 is 0.861 bits per heavy atom. The average molecular weight is 2020 g/mol. The number of cyclic esters (lactones) is 4. The van der Waals surface area contributed by atoms with E-state index in [0.29, 0.717) is 110 Å². The Labute approximate surface area is 849 Å². The number of ether oxygens (including phenoxy) is 4. The summed E-state index contributed by atoms with van der Waals surface area (Å²) in [5, 5.41) is 98.2. The first-order valence-electron chi connectivity index (χ1n) is 49.2. The number of phenols is 8. The van der Waals surface area contributed by atoms with Gasteiger partial charge in [0.1, 0.15) is 68.2 Å². The molecule has 34 heteroatoms. The maximum Gasteiger partial charge on any atom is 0.342 e. The molecule has 0 bridgehead atoms. The number of esters is 4. The molecule has 8 heterocycles. The molecule has 4 amide bonds. The normalized spacial score (nSPS) is 20.7. The van der Waals surface area contributed by atoms with Crippen molar-refractivity contribution in [3.05, 3.63) is 260 Å². The molecule has 144 heavy (non-hydrogen) atoms. The fraction of sp³-hybridized carbons (Fsp3) is 0.418. The molecular formula is C110H130Cl2N8O24. The molecule has 4 fully saturated rings. The molecule has 8 aliphatic rings. The van der Waals surface area contributed by atoms with Crippen LogP contribution in [0, 0.1) is 11.8 Å². The highest BCUT2D eigenvalue weighted by molar-refractivity contribution is 6.34. The molecule has 8 N–H and O–H groups in total. The quantitative estimate of drug-likeness (QED) is 0.0217. The third-order valence-corrected chi connectivity index (χ3v) is 26.1. The van der Waals surface area contributed by atoms with E-state index in [4.69, 9.17) is 61.5 Å². The van der Waals surface area contributed by atoms with Crippen LogP contribution >= 0.6 is 23.2 Å². The number of nitrogens with zero attached hydrogens (tertiary/aromatic N) is 8. The van der Waals surface area contributed by atoms with Crippen molar-refractivity contribution in [1.29, 1.82) is 0 Å². The highest BCUT2D eigenvalue weighted by Crippen LogP contribution is 2.41. The molecule has 0 radical (unpaired) electrons. The largest absolute Gasteiger partial charge is 0.508 e. The van der Waals surface area contributed by atoms with Crippen molar-refractivity contribution in [2.75, 3.05) is 105 Å². The first-order valence-corrected chi connectivity index (χ1v) is 50.0. The summed E-state index contributed by atoms with van der Waals surface area (Å²) in [6, 6.07) is 27.7. The third kappa shape index (κ3) is 35.2. The number of carbonyl (C=O) groups is 8. The van der Waals surface area contributed by atoms with E-state index in [1.54, 1.807) is 43.9 Å². The smallest absolute Gasteiger partial charge is 0.342 e. The van der Waals surface area contributed by atoms with Crippen LogP contribution in [0.5, 0.6) is 46.0 Å². The van der Waals surface area contributed by atoms with Gasteiger partial charge in [0.05, 0.1) is 59.3 Å². The van der Waals surface area contributed by atoms with Crippen LogP contribution in [0.2, 0.25) is 10.0 Å². The number of amides is 4. The second-order valence-electron chi connectivity index (χ2n) is 36.1. The lowest BCUT2D eigenvalue weighted by Gasteiger charge is -2.32. The zero-order valence-corrected chi connectivity index (χ0v) is 83.0. The number of hydrogen-bond donors (Lipinski definition) is 8. The fourth-order valence-corrected chi connectivity index (χ4v) is 17.6. The van der Waals surface area contributed by atoms with Crippen molar-refractivity contribution in [2.45, 2.75) is 180 Å². The number of carbonyl (C=O) groups excluding carboxylic acids is 8. The number of benzene rings is 6. The van der Waals surface area contributed by atoms with Gasteiger partial charge in [0.25, 0.3) is 23.6 Å². The summed E-state index contributed by atoms with van der Waals surface area (Å²) in [5.74, 6) is -3.99. The number of fused-ring (bicyclic) bond motifs is 4. The number of allylic oxidation sites excluding steroid dienone is 12. The number of likely N-dealkylation sites (tertiary alicyclic amines) is 4. The van der Waals surface area contributed by atoms with E-state index < -0.39 is 35.4 Å². The van der Waals surface area contributed by atoms with E-state index >= 15 is 0 Å². The van der Waals surface area contributed by atoms with Gasteiger partial charge in [-0.2, -0.15) is 0 Å². The summed E-state index contributed by atoms with van der Waals surface area (Å²) in [5.41, 5.74) is 4.94. The van der Waals surface area contributed by atoms with Gasteiger partial charge in [-0.3, -0.25) is 19.2 Å². The number of oxime groups is 4. The highest BCUT2D eigenvalue weighted by atomic mass is 35.5. The molecule has 0 spiro atoms. The van der Waals surface area contributed by atoms with Crippen LogP contribution in [0.3, 0.4) is 0 Å². The monoisotopic (exact) mass is 2020 g/mol. The predicted octanol–water partition coefficient (Wildman–Crippen LogP) is 18.5.